The molecule has 3 atom stereocenters. The average molecular weight is 240 g/mol. The Hall–Kier alpha value is -0.120. The topological polar surface area (TPSA) is 38.5 Å². The van der Waals surface area contributed by atoms with Gasteiger partial charge in [-0.15, -0.1) is 0 Å². The molecule has 2 aliphatic heterocycles. The van der Waals surface area contributed by atoms with Crippen molar-refractivity contribution in [2.24, 2.45) is 11.7 Å². The maximum absolute atomic E-state index is 6.01. The molecule has 3 nitrogen and oxygen atoms in total. The Bertz CT molecular complexity index is 214. The molecule has 0 spiro atoms. The van der Waals surface area contributed by atoms with Crippen LogP contribution in [-0.2, 0) is 4.74 Å². The van der Waals surface area contributed by atoms with E-state index in [1.54, 1.807) is 0 Å². The van der Waals surface area contributed by atoms with Crippen molar-refractivity contribution < 1.29 is 4.74 Å². The molecule has 2 aliphatic rings. The van der Waals surface area contributed by atoms with Crippen LogP contribution in [0.3, 0.4) is 0 Å². The van der Waals surface area contributed by atoms with Crippen LogP contribution in [0, 0.1) is 5.92 Å². The van der Waals surface area contributed by atoms with Gasteiger partial charge in [0.2, 0.25) is 0 Å². The van der Waals surface area contributed by atoms with E-state index >= 15 is 0 Å². The van der Waals surface area contributed by atoms with E-state index in [1.165, 1.54) is 58.2 Å². The van der Waals surface area contributed by atoms with Crippen LogP contribution in [0.15, 0.2) is 0 Å². The highest BCUT2D eigenvalue weighted by Gasteiger charge is 2.22. The van der Waals surface area contributed by atoms with Crippen LogP contribution < -0.4 is 5.73 Å². The summed E-state index contributed by atoms with van der Waals surface area (Å²) in [4.78, 5) is 2.60. The quantitative estimate of drug-likeness (QED) is 0.799. The van der Waals surface area contributed by atoms with E-state index in [0.717, 1.165) is 6.61 Å². The van der Waals surface area contributed by atoms with Gasteiger partial charge in [0.25, 0.3) is 0 Å². The maximum Gasteiger partial charge on any atom is 0.0576 e. The molecule has 2 heterocycles. The Labute approximate surface area is 106 Å². The molecule has 100 valence electrons. The van der Waals surface area contributed by atoms with Gasteiger partial charge < -0.3 is 15.4 Å². The molecule has 17 heavy (non-hydrogen) atoms. The lowest BCUT2D eigenvalue weighted by Crippen LogP contribution is -2.42. The summed E-state index contributed by atoms with van der Waals surface area (Å²) < 4.78 is 5.66. The summed E-state index contributed by atoms with van der Waals surface area (Å²) in [6.07, 6.45) is 8.29. The predicted octanol–water partition coefficient (Wildman–Crippen LogP) is 2.00. The summed E-state index contributed by atoms with van der Waals surface area (Å²) in [5.74, 6) is 0.714. The molecule has 0 aromatic heterocycles. The second kappa shape index (κ2) is 6.72. The van der Waals surface area contributed by atoms with Crippen molar-refractivity contribution in [3.63, 3.8) is 0 Å². The van der Waals surface area contributed by atoms with E-state index in [4.69, 9.17) is 10.5 Å². The fraction of sp³-hybridized carbons (Fsp3) is 1.00. The zero-order valence-electron chi connectivity index (χ0n) is 11.2. The normalized spacial score (nSPS) is 32.8. The van der Waals surface area contributed by atoms with E-state index in [0.29, 0.717) is 18.1 Å². The van der Waals surface area contributed by atoms with E-state index in [2.05, 4.69) is 11.8 Å². The van der Waals surface area contributed by atoms with Crippen molar-refractivity contribution in [1.29, 1.82) is 0 Å². The second-order valence-corrected chi connectivity index (χ2v) is 5.84. The van der Waals surface area contributed by atoms with Crippen molar-refractivity contribution >= 4 is 0 Å². The molecule has 0 saturated carbocycles. The fourth-order valence-electron chi connectivity index (χ4n) is 3.14. The predicted molar refractivity (Wildman–Crippen MR) is 71.0 cm³/mol. The fourth-order valence-corrected chi connectivity index (χ4v) is 3.14. The van der Waals surface area contributed by atoms with Crippen LogP contribution in [0.5, 0.6) is 0 Å². The van der Waals surface area contributed by atoms with Gasteiger partial charge in [0.05, 0.1) is 6.10 Å². The Morgan fingerprint density at radius 3 is 2.94 bits per heavy atom. The van der Waals surface area contributed by atoms with Crippen molar-refractivity contribution in [2.75, 3.05) is 26.2 Å². The second-order valence-electron chi connectivity index (χ2n) is 5.84. The number of piperidine rings is 1. The number of nitrogens with two attached hydrogens (primary N) is 1. The monoisotopic (exact) mass is 240 g/mol. The van der Waals surface area contributed by atoms with Gasteiger partial charge in [-0.1, -0.05) is 0 Å². The molecule has 0 bridgehead atoms. The van der Waals surface area contributed by atoms with E-state index in [1.807, 2.05) is 0 Å². The first-order valence-electron chi connectivity index (χ1n) is 7.35. The van der Waals surface area contributed by atoms with Gasteiger partial charge in [0.15, 0.2) is 0 Å². The van der Waals surface area contributed by atoms with Crippen LogP contribution in [0.4, 0.5) is 0 Å². The van der Waals surface area contributed by atoms with Crippen molar-refractivity contribution in [2.45, 2.75) is 57.6 Å². The van der Waals surface area contributed by atoms with Crippen LogP contribution in [0.1, 0.15) is 45.4 Å². The lowest BCUT2D eigenvalue weighted by Gasteiger charge is -2.34. The third-order valence-corrected chi connectivity index (χ3v) is 4.31. The van der Waals surface area contributed by atoms with Gasteiger partial charge in [-0.3, -0.25) is 0 Å². The molecular formula is C14H28N2O. The molecule has 0 aromatic carbocycles. The van der Waals surface area contributed by atoms with Gasteiger partial charge in [-0.25, -0.2) is 0 Å². The lowest BCUT2D eigenvalue weighted by atomic mass is 9.92. The molecule has 0 aliphatic carbocycles. The Morgan fingerprint density at radius 2 is 2.24 bits per heavy atom. The largest absolute Gasteiger partial charge is 0.378 e. The first kappa shape index (κ1) is 13.3. The Kier molecular flexibility index (Phi) is 5.26. The summed E-state index contributed by atoms with van der Waals surface area (Å²) in [6.45, 7) is 6.86. The minimum Gasteiger partial charge on any atom is -0.378 e. The number of likely N-dealkylation sites (tertiary alicyclic amines) is 1. The van der Waals surface area contributed by atoms with Crippen molar-refractivity contribution in [3.8, 4) is 0 Å². The minimum absolute atomic E-state index is 0.357. The minimum atomic E-state index is 0.357. The van der Waals surface area contributed by atoms with E-state index in [-0.39, 0.29) is 0 Å². The highest BCUT2D eigenvalue weighted by atomic mass is 16.5. The number of hydrogen-bond acceptors (Lipinski definition) is 3. The smallest absolute Gasteiger partial charge is 0.0576 e. The summed E-state index contributed by atoms with van der Waals surface area (Å²) >= 11 is 0. The van der Waals surface area contributed by atoms with Crippen LogP contribution in [0.2, 0.25) is 0 Å². The van der Waals surface area contributed by atoms with E-state index < -0.39 is 0 Å². The van der Waals surface area contributed by atoms with E-state index in [9.17, 15) is 0 Å². The van der Waals surface area contributed by atoms with Gasteiger partial charge in [0.1, 0.15) is 0 Å². The number of rotatable bonds is 5. The molecule has 3 unspecified atom stereocenters. The molecule has 2 rings (SSSR count). The maximum atomic E-state index is 6.01. The highest BCUT2D eigenvalue weighted by Crippen LogP contribution is 2.21. The van der Waals surface area contributed by atoms with Crippen molar-refractivity contribution in [1.82, 2.24) is 4.90 Å². The first-order chi connectivity index (χ1) is 8.25. The standard InChI is InChI=1S/C14H28N2O/c1-12(15)13-5-2-8-16(11-13)9-3-6-14-7-4-10-17-14/h12-14H,2-11,15H2,1H3. The van der Waals surface area contributed by atoms with Crippen LogP contribution >= 0.6 is 0 Å². The summed E-state index contributed by atoms with van der Waals surface area (Å²) in [6, 6.07) is 0.357. The number of nitrogens with zero attached hydrogens (tertiary/aromatic N) is 1. The third kappa shape index (κ3) is 4.23. The van der Waals surface area contributed by atoms with Gasteiger partial charge in [0, 0.05) is 19.2 Å². The Morgan fingerprint density at radius 1 is 1.35 bits per heavy atom. The number of ether oxygens (including phenoxy) is 1. The summed E-state index contributed by atoms with van der Waals surface area (Å²) in [5, 5.41) is 0. The SMILES string of the molecule is CC(N)C1CCCN(CCCC2CCCO2)C1. The van der Waals surface area contributed by atoms with Gasteiger partial charge >= 0.3 is 0 Å². The zero-order chi connectivity index (χ0) is 12.1. The molecule has 0 radical (unpaired) electrons. The molecule has 0 aromatic rings. The van der Waals surface area contributed by atoms with Crippen LogP contribution in [0.25, 0.3) is 0 Å². The molecule has 2 saturated heterocycles. The highest BCUT2D eigenvalue weighted by molar-refractivity contribution is 4.78. The molecule has 0 amide bonds. The van der Waals surface area contributed by atoms with Crippen LogP contribution in [-0.4, -0.2) is 43.3 Å². The molecule has 2 N–H and O–H groups in total. The third-order valence-electron chi connectivity index (χ3n) is 4.31. The van der Waals surface area contributed by atoms with Gasteiger partial charge in [-0.05, 0) is 64.5 Å². The molecular weight excluding hydrogens is 212 g/mol. The van der Waals surface area contributed by atoms with Gasteiger partial charge in [-0.2, -0.15) is 0 Å². The Balaban J connectivity index is 1.61. The first-order valence-corrected chi connectivity index (χ1v) is 7.35. The zero-order valence-corrected chi connectivity index (χ0v) is 11.2. The average Bonchev–Trinajstić information content (AvgIpc) is 2.82. The lowest BCUT2D eigenvalue weighted by molar-refractivity contribution is 0.0942. The molecule has 3 heteroatoms. The summed E-state index contributed by atoms with van der Waals surface area (Å²) in [7, 11) is 0. The molecule has 2 fully saturated rings. The number of hydrogen-bond donors (Lipinski definition) is 1. The summed E-state index contributed by atoms with van der Waals surface area (Å²) in [5.41, 5.74) is 6.01. The van der Waals surface area contributed by atoms with Crippen molar-refractivity contribution in [3.05, 3.63) is 0 Å².